The van der Waals surface area contributed by atoms with Gasteiger partial charge in [-0.05, 0) is 50.5 Å². The van der Waals surface area contributed by atoms with Crippen molar-refractivity contribution in [3.8, 4) is 0 Å². The van der Waals surface area contributed by atoms with Crippen LogP contribution in [-0.2, 0) is 0 Å². The molecule has 0 aromatic rings. The SMILES string of the molecule is CN1CCN(CC/C2=C/N(C3=CCC/C=C(Cl)\C=C/3)CC=N/C=C\C2)CC1. The zero-order valence-electron chi connectivity index (χ0n) is 16.4. The van der Waals surface area contributed by atoms with Gasteiger partial charge in [-0.1, -0.05) is 29.8 Å². The molecule has 0 radical (unpaired) electrons. The van der Waals surface area contributed by atoms with Crippen LogP contribution in [0, 0.1) is 0 Å². The van der Waals surface area contributed by atoms with Crippen molar-refractivity contribution in [2.75, 3.05) is 46.3 Å². The van der Waals surface area contributed by atoms with E-state index in [2.05, 4.69) is 57.2 Å². The predicted molar refractivity (Wildman–Crippen MR) is 116 cm³/mol. The molecule has 1 fully saturated rings. The van der Waals surface area contributed by atoms with Crippen LogP contribution in [0.2, 0.25) is 0 Å². The molecule has 27 heavy (non-hydrogen) atoms. The molecule has 0 aromatic carbocycles. The van der Waals surface area contributed by atoms with Crippen LogP contribution in [0.3, 0.4) is 0 Å². The first-order chi connectivity index (χ1) is 13.2. The molecule has 0 bridgehead atoms. The lowest BCUT2D eigenvalue weighted by atomic mass is 10.1. The monoisotopic (exact) mass is 386 g/mol. The minimum absolute atomic E-state index is 0.778. The summed E-state index contributed by atoms with van der Waals surface area (Å²) in [7, 11) is 2.21. The molecule has 5 heteroatoms. The summed E-state index contributed by atoms with van der Waals surface area (Å²) in [5, 5.41) is 0.819. The standard InChI is InChI=1S/C22H31ClN4/c1-25-15-17-26(18-16-25)13-10-20-5-4-11-24-12-14-27(19-20)22-7-3-2-6-21(23)8-9-22/h4,6-9,11-12,19H,2-3,5,10,13-18H2,1H3/b9-8-,11-4-,20-19+,21-6+,22-7?,24-12?. The fraction of sp³-hybridized carbons (Fsp3) is 0.500. The van der Waals surface area contributed by atoms with Crippen LogP contribution in [0.25, 0.3) is 0 Å². The van der Waals surface area contributed by atoms with E-state index in [0.717, 1.165) is 43.8 Å². The summed E-state index contributed by atoms with van der Waals surface area (Å²) in [5.74, 6) is 0. The van der Waals surface area contributed by atoms with Crippen molar-refractivity contribution in [1.29, 1.82) is 0 Å². The van der Waals surface area contributed by atoms with Crippen LogP contribution in [0.15, 0.2) is 64.1 Å². The molecule has 0 aromatic heterocycles. The van der Waals surface area contributed by atoms with Crippen molar-refractivity contribution in [2.24, 2.45) is 4.99 Å². The third-order valence-electron chi connectivity index (χ3n) is 5.24. The maximum atomic E-state index is 6.22. The Balaban J connectivity index is 1.69. The molecule has 0 amide bonds. The van der Waals surface area contributed by atoms with Crippen molar-refractivity contribution >= 4 is 17.8 Å². The van der Waals surface area contributed by atoms with E-state index < -0.39 is 0 Å². The van der Waals surface area contributed by atoms with E-state index in [1.807, 2.05) is 18.5 Å². The van der Waals surface area contributed by atoms with Gasteiger partial charge < -0.3 is 14.7 Å². The Morgan fingerprint density at radius 2 is 1.89 bits per heavy atom. The molecule has 1 aliphatic carbocycles. The lowest BCUT2D eigenvalue weighted by Gasteiger charge is -2.32. The number of rotatable bonds is 4. The maximum absolute atomic E-state index is 6.22. The van der Waals surface area contributed by atoms with E-state index in [-0.39, 0.29) is 0 Å². The number of hydrogen-bond donors (Lipinski definition) is 0. The topological polar surface area (TPSA) is 22.1 Å². The van der Waals surface area contributed by atoms with E-state index in [1.165, 1.54) is 37.4 Å². The Hall–Kier alpha value is -1.62. The molecule has 0 atom stereocenters. The fourth-order valence-corrected chi connectivity index (χ4v) is 3.65. The maximum Gasteiger partial charge on any atom is 0.0578 e. The third kappa shape index (κ3) is 6.80. The highest BCUT2D eigenvalue weighted by Crippen LogP contribution is 2.20. The van der Waals surface area contributed by atoms with Crippen LogP contribution in [0.5, 0.6) is 0 Å². The van der Waals surface area contributed by atoms with Crippen LogP contribution in [-0.4, -0.2) is 67.2 Å². The van der Waals surface area contributed by atoms with Gasteiger partial charge in [0.2, 0.25) is 0 Å². The van der Waals surface area contributed by atoms with Gasteiger partial charge in [-0.25, -0.2) is 0 Å². The molecule has 4 nitrogen and oxygen atoms in total. The quantitative estimate of drug-likeness (QED) is 0.724. The number of likely N-dealkylation sites (N-methyl/N-ethyl adjacent to an activating group) is 1. The number of nitrogens with zero attached hydrogens (tertiary/aromatic N) is 4. The predicted octanol–water partition coefficient (Wildman–Crippen LogP) is 4.15. The van der Waals surface area contributed by atoms with Crippen LogP contribution in [0.1, 0.15) is 25.7 Å². The number of aliphatic imine (C=N–C) groups is 1. The average molecular weight is 387 g/mol. The first kappa shape index (κ1) is 20.1. The molecule has 0 N–H and O–H groups in total. The first-order valence-corrected chi connectivity index (χ1v) is 10.4. The summed E-state index contributed by atoms with van der Waals surface area (Å²) >= 11 is 6.22. The zero-order chi connectivity index (χ0) is 18.9. The molecule has 3 aliphatic rings. The van der Waals surface area contributed by atoms with Gasteiger partial charge in [-0.2, -0.15) is 0 Å². The number of allylic oxidation sites excluding steroid dienone is 6. The fourth-order valence-electron chi connectivity index (χ4n) is 3.47. The van der Waals surface area contributed by atoms with Crippen molar-refractivity contribution in [3.05, 3.63) is 59.1 Å². The van der Waals surface area contributed by atoms with Gasteiger partial charge in [0.1, 0.15) is 0 Å². The highest BCUT2D eigenvalue weighted by Gasteiger charge is 2.14. The lowest BCUT2D eigenvalue weighted by Crippen LogP contribution is -2.44. The van der Waals surface area contributed by atoms with Crippen LogP contribution in [0.4, 0.5) is 0 Å². The molecule has 0 saturated carbocycles. The number of piperazine rings is 1. The average Bonchev–Trinajstić information content (AvgIpc) is 2.77. The molecule has 3 rings (SSSR count). The van der Waals surface area contributed by atoms with E-state index in [4.69, 9.17) is 11.6 Å². The van der Waals surface area contributed by atoms with E-state index in [9.17, 15) is 0 Å². The van der Waals surface area contributed by atoms with Crippen molar-refractivity contribution in [2.45, 2.75) is 25.7 Å². The summed E-state index contributed by atoms with van der Waals surface area (Å²) in [6.07, 6.45) is 20.9. The van der Waals surface area contributed by atoms with Gasteiger partial charge in [-0.15, -0.1) is 0 Å². The van der Waals surface area contributed by atoms with Gasteiger partial charge >= 0.3 is 0 Å². The van der Waals surface area contributed by atoms with Gasteiger partial charge in [0.15, 0.2) is 0 Å². The largest absolute Gasteiger partial charge is 0.343 e. The van der Waals surface area contributed by atoms with Crippen LogP contribution >= 0.6 is 11.6 Å². The van der Waals surface area contributed by atoms with E-state index in [1.54, 1.807) is 0 Å². The summed E-state index contributed by atoms with van der Waals surface area (Å²) in [6, 6.07) is 0. The van der Waals surface area contributed by atoms with E-state index >= 15 is 0 Å². The summed E-state index contributed by atoms with van der Waals surface area (Å²) in [5.41, 5.74) is 2.65. The molecule has 0 spiro atoms. The van der Waals surface area contributed by atoms with Crippen LogP contribution < -0.4 is 0 Å². The molecule has 146 valence electrons. The smallest absolute Gasteiger partial charge is 0.0578 e. The summed E-state index contributed by atoms with van der Waals surface area (Å²) < 4.78 is 0. The second-order valence-electron chi connectivity index (χ2n) is 7.38. The highest BCUT2D eigenvalue weighted by molar-refractivity contribution is 6.31. The summed E-state index contributed by atoms with van der Waals surface area (Å²) in [6.45, 7) is 6.59. The first-order valence-electron chi connectivity index (χ1n) is 9.98. The minimum Gasteiger partial charge on any atom is -0.343 e. The normalized spacial score (nSPS) is 29.1. The molecule has 0 unspecified atom stereocenters. The van der Waals surface area contributed by atoms with E-state index in [0.29, 0.717) is 0 Å². The number of hydrogen-bond acceptors (Lipinski definition) is 4. The highest BCUT2D eigenvalue weighted by atomic mass is 35.5. The molecular formula is C22H31ClN4. The Labute approximate surface area is 168 Å². The Kier molecular flexibility index (Phi) is 7.93. The third-order valence-corrected chi connectivity index (χ3v) is 5.52. The van der Waals surface area contributed by atoms with Gasteiger partial charge in [0, 0.05) is 62.1 Å². The van der Waals surface area contributed by atoms with Gasteiger partial charge in [0.25, 0.3) is 0 Å². The number of halogens is 1. The lowest BCUT2D eigenvalue weighted by molar-refractivity contribution is 0.155. The molecule has 2 aliphatic heterocycles. The zero-order valence-corrected chi connectivity index (χ0v) is 17.1. The summed E-state index contributed by atoms with van der Waals surface area (Å²) in [4.78, 5) is 11.7. The van der Waals surface area contributed by atoms with Crippen molar-refractivity contribution in [3.63, 3.8) is 0 Å². The van der Waals surface area contributed by atoms with Crippen molar-refractivity contribution in [1.82, 2.24) is 14.7 Å². The van der Waals surface area contributed by atoms with Gasteiger partial charge in [0.05, 0.1) is 6.54 Å². The molecule has 2 heterocycles. The van der Waals surface area contributed by atoms with Gasteiger partial charge in [-0.3, -0.25) is 4.99 Å². The molecule has 1 saturated heterocycles. The molecular weight excluding hydrogens is 356 g/mol. The Bertz CT molecular complexity index is 664. The second kappa shape index (κ2) is 10.6. The van der Waals surface area contributed by atoms with Crippen molar-refractivity contribution < 1.29 is 0 Å². The second-order valence-corrected chi connectivity index (χ2v) is 7.82. The Morgan fingerprint density at radius 3 is 2.74 bits per heavy atom. The Morgan fingerprint density at radius 1 is 1.07 bits per heavy atom. The minimum atomic E-state index is 0.778.